The van der Waals surface area contributed by atoms with Crippen molar-refractivity contribution < 1.29 is 14.3 Å². The fourth-order valence-electron chi connectivity index (χ4n) is 4.59. The molecular formula is C24H23ClN2O3. The van der Waals surface area contributed by atoms with E-state index in [2.05, 4.69) is 0 Å². The summed E-state index contributed by atoms with van der Waals surface area (Å²) in [5.41, 5.74) is 10.4. The highest BCUT2D eigenvalue weighted by atomic mass is 35.5. The van der Waals surface area contributed by atoms with Crippen LogP contribution in [0, 0.1) is 5.92 Å². The van der Waals surface area contributed by atoms with Gasteiger partial charge >= 0.3 is 0 Å². The molecule has 2 aromatic rings. The highest BCUT2D eigenvalue weighted by molar-refractivity contribution is 6.30. The number of ketones is 1. The average molecular weight is 423 g/mol. The highest BCUT2D eigenvalue weighted by Crippen LogP contribution is 2.47. The van der Waals surface area contributed by atoms with Crippen molar-refractivity contribution in [3.8, 4) is 5.75 Å². The van der Waals surface area contributed by atoms with Crippen LogP contribution in [0.5, 0.6) is 5.75 Å². The van der Waals surface area contributed by atoms with Crippen molar-refractivity contribution in [1.29, 1.82) is 0 Å². The molecule has 1 fully saturated rings. The van der Waals surface area contributed by atoms with E-state index in [-0.39, 0.29) is 17.6 Å². The number of ether oxygens (including phenoxy) is 1. The number of rotatable bonds is 4. The summed E-state index contributed by atoms with van der Waals surface area (Å²) in [5.74, 6) is -0.400. The number of halogens is 1. The summed E-state index contributed by atoms with van der Waals surface area (Å²) in [6, 6.07) is 12.9. The van der Waals surface area contributed by atoms with Crippen LogP contribution in [-0.2, 0) is 4.79 Å². The minimum Gasteiger partial charge on any atom is -0.496 e. The zero-order valence-corrected chi connectivity index (χ0v) is 17.7. The second kappa shape index (κ2) is 8.07. The van der Waals surface area contributed by atoms with Crippen molar-refractivity contribution in [3.05, 3.63) is 69.9 Å². The van der Waals surface area contributed by atoms with Crippen molar-refractivity contribution in [3.63, 3.8) is 0 Å². The molecule has 4 rings (SSSR count). The quantitative estimate of drug-likeness (QED) is 0.769. The third-order valence-electron chi connectivity index (χ3n) is 5.91. The number of amides is 1. The van der Waals surface area contributed by atoms with E-state index in [1.54, 1.807) is 12.1 Å². The van der Waals surface area contributed by atoms with Gasteiger partial charge in [-0.05, 0) is 60.7 Å². The van der Waals surface area contributed by atoms with Gasteiger partial charge in [0.1, 0.15) is 11.5 Å². The normalized spacial score (nSPS) is 21.2. The first kappa shape index (κ1) is 20.4. The van der Waals surface area contributed by atoms with E-state index in [4.69, 9.17) is 27.1 Å². The molecule has 0 bridgehead atoms. The molecule has 2 aliphatic rings. The molecule has 1 aliphatic heterocycles. The van der Waals surface area contributed by atoms with E-state index in [1.165, 1.54) is 7.11 Å². The van der Waals surface area contributed by atoms with Gasteiger partial charge in [0.2, 0.25) is 0 Å². The largest absolute Gasteiger partial charge is 0.496 e. The summed E-state index contributed by atoms with van der Waals surface area (Å²) >= 11 is 6.12. The molecule has 154 valence electrons. The highest BCUT2D eigenvalue weighted by Gasteiger charge is 2.41. The summed E-state index contributed by atoms with van der Waals surface area (Å²) in [6.45, 7) is 1.97. The molecule has 2 atom stereocenters. The molecule has 30 heavy (non-hydrogen) atoms. The van der Waals surface area contributed by atoms with E-state index < -0.39 is 5.91 Å². The Bertz CT molecular complexity index is 1090. The maximum Gasteiger partial charge on any atom is 0.252 e. The van der Waals surface area contributed by atoms with E-state index in [0.29, 0.717) is 22.8 Å². The number of fused-ring (bicyclic) bond motifs is 1. The molecule has 1 heterocycles. The van der Waals surface area contributed by atoms with Crippen molar-refractivity contribution in [2.75, 3.05) is 7.11 Å². The second-order valence-corrected chi connectivity index (χ2v) is 8.14. The third kappa shape index (κ3) is 3.54. The summed E-state index contributed by atoms with van der Waals surface area (Å²) < 4.78 is 5.41. The van der Waals surface area contributed by atoms with Crippen molar-refractivity contribution in [2.24, 2.45) is 16.6 Å². The van der Waals surface area contributed by atoms with Crippen LogP contribution < -0.4 is 10.5 Å². The van der Waals surface area contributed by atoms with Crippen LogP contribution in [-0.4, -0.2) is 24.5 Å². The van der Waals surface area contributed by atoms with Gasteiger partial charge in [0.05, 0.1) is 18.6 Å². The molecule has 1 amide bonds. The van der Waals surface area contributed by atoms with Gasteiger partial charge < -0.3 is 10.5 Å². The number of nitrogens with zero attached hydrogens (tertiary/aromatic N) is 1. The molecule has 1 saturated carbocycles. The number of carbonyl (C=O) groups is 2. The molecule has 5 nitrogen and oxygen atoms in total. The van der Waals surface area contributed by atoms with Crippen LogP contribution >= 0.6 is 11.6 Å². The van der Waals surface area contributed by atoms with Crippen molar-refractivity contribution in [2.45, 2.75) is 32.1 Å². The number of benzene rings is 2. The number of aliphatic imine (C=N–C) groups is 1. The molecule has 6 heteroatoms. The Morgan fingerprint density at radius 1 is 1.13 bits per heavy atom. The standard InChI is InChI=1S/C24H23ClN2O3/c1-13-21(15-8-11-17(24(26)29)20(12-15)30-2)22(14-6-9-16(25)10-7-14)23-18(27-13)4-3-5-19(23)28/h6-12,22-23H,3-5H2,1-2H3,(H2,26,29). The molecule has 0 spiro atoms. The molecule has 0 saturated heterocycles. The summed E-state index contributed by atoms with van der Waals surface area (Å²) in [6.07, 6.45) is 2.23. The predicted octanol–water partition coefficient (Wildman–Crippen LogP) is 4.79. The zero-order chi connectivity index (χ0) is 21.4. The van der Waals surface area contributed by atoms with E-state index in [9.17, 15) is 9.59 Å². The maximum atomic E-state index is 13.0. The Hall–Kier alpha value is -2.92. The van der Waals surface area contributed by atoms with E-state index in [0.717, 1.165) is 41.0 Å². The van der Waals surface area contributed by atoms with Crippen LogP contribution in [0.4, 0.5) is 0 Å². The molecule has 1 aliphatic carbocycles. The van der Waals surface area contributed by atoms with E-state index >= 15 is 0 Å². The monoisotopic (exact) mass is 422 g/mol. The van der Waals surface area contributed by atoms with Crippen LogP contribution in [0.1, 0.15) is 53.6 Å². The zero-order valence-electron chi connectivity index (χ0n) is 16.9. The molecule has 0 radical (unpaired) electrons. The van der Waals surface area contributed by atoms with Crippen LogP contribution in [0.3, 0.4) is 0 Å². The number of Topliss-reactive ketones (excluding diaryl/α,β-unsaturated/α-hetero) is 1. The van der Waals surface area contributed by atoms with Gasteiger partial charge in [-0.1, -0.05) is 29.8 Å². The van der Waals surface area contributed by atoms with Gasteiger partial charge in [-0.25, -0.2) is 0 Å². The molecule has 2 aromatic carbocycles. The number of methoxy groups -OCH3 is 1. The lowest BCUT2D eigenvalue weighted by Gasteiger charge is -2.37. The van der Waals surface area contributed by atoms with Gasteiger partial charge in [0.25, 0.3) is 5.91 Å². The number of nitrogens with two attached hydrogens (primary N) is 1. The number of allylic oxidation sites excluding steroid dienone is 2. The molecular weight excluding hydrogens is 400 g/mol. The van der Waals surface area contributed by atoms with E-state index in [1.807, 2.05) is 37.3 Å². The second-order valence-electron chi connectivity index (χ2n) is 7.71. The Morgan fingerprint density at radius 3 is 2.53 bits per heavy atom. The summed E-state index contributed by atoms with van der Waals surface area (Å²) in [4.78, 5) is 29.6. The fraction of sp³-hybridized carbons (Fsp3) is 0.292. The number of primary amides is 1. The van der Waals surface area contributed by atoms with Crippen LogP contribution in [0.25, 0.3) is 5.57 Å². The predicted molar refractivity (Wildman–Crippen MR) is 118 cm³/mol. The SMILES string of the molecule is COc1cc(C2=C(C)N=C3CCCC(=O)C3C2c2ccc(Cl)cc2)ccc1C(N)=O. The van der Waals surface area contributed by atoms with Gasteiger partial charge in [0.15, 0.2) is 0 Å². The minimum absolute atomic E-state index is 0.174. The number of hydrogen-bond donors (Lipinski definition) is 1. The first-order valence-corrected chi connectivity index (χ1v) is 10.3. The molecule has 2 unspecified atom stereocenters. The maximum absolute atomic E-state index is 13.0. The summed E-state index contributed by atoms with van der Waals surface area (Å²) in [5, 5.41) is 0.646. The van der Waals surface area contributed by atoms with Crippen molar-refractivity contribution in [1.82, 2.24) is 0 Å². The molecule has 0 aromatic heterocycles. The van der Waals surface area contributed by atoms with Gasteiger partial charge in [-0.3, -0.25) is 14.6 Å². The Balaban J connectivity index is 1.92. The lowest BCUT2D eigenvalue weighted by molar-refractivity contribution is -0.121. The van der Waals surface area contributed by atoms with Crippen LogP contribution in [0.2, 0.25) is 5.02 Å². The van der Waals surface area contributed by atoms with Crippen molar-refractivity contribution >= 4 is 34.6 Å². The first-order chi connectivity index (χ1) is 14.4. The first-order valence-electron chi connectivity index (χ1n) is 9.95. The minimum atomic E-state index is -0.551. The lowest BCUT2D eigenvalue weighted by atomic mass is 9.68. The van der Waals surface area contributed by atoms with Gasteiger partial charge in [-0.15, -0.1) is 0 Å². The number of carbonyl (C=O) groups excluding carboxylic acids is 2. The number of hydrogen-bond acceptors (Lipinski definition) is 4. The molecule has 2 N–H and O–H groups in total. The Kier molecular flexibility index (Phi) is 5.48. The average Bonchev–Trinajstić information content (AvgIpc) is 2.73. The third-order valence-corrected chi connectivity index (χ3v) is 6.17. The smallest absolute Gasteiger partial charge is 0.252 e. The lowest BCUT2D eigenvalue weighted by Crippen LogP contribution is -2.36. The van der Waals surface area contributed by atoms with Crippen LogP contribution in [0.15, 0.2) is 53.2 Å². The Morgan fingerprint density at radius 2 is 1.87 bits per heavy atom. The summed E-state index contributed by atoms with van der Waals surface area (Å²) in [7, 11) is 1.51. The van der Waals surface area contributed by atoms with Gasteiger partial charge in [0, 0.05) is 28.8 Å². The fourth-order valence-corrected chi connectivity index (χ4v) is 4.72. The topological polar surface area (TPSA) is 81.8 Å². The Labute approximate surface area is 180 Å². The van der Waals surface area contributed by atoms with Gasteiger partial charge in [-0.2, -0.15) is 0 Å².